The van der Waals surface area contributed by atoms with Crippen molar-refractivity contribution in [2.45, 2.75) is 0 Å². The molecule has 2 aromatic carbocycles. The predicted octanol–water partition coefficient (Wildman–Crippen LogP) is 5.77. The first-order valence-electron chi connectivity index (χ1n) is 8.47. The van der Waals surface area contributed by atoms with E-state index >= 15 is 0 Å². The van der Waals surface area contributed by atoms with Crippen LogP contribution in [0.1, 0.15) is 0 Å². The number of ether oxygens (including phenoxy) is 2. The van der Waals surface area contributed by atoms with Crippen molar-refractivity contribution >= 4 is 44.3 Å². The summed E-state index contributed by atoms with van der Waals surface area (Å²) < 4.78 is 10.4. The lowest BCUT2D eigenvalue weighted by atomic mass is 10.3. The Bertz CT molecular complexity index is 957. The summed E-state index contributed by atoms with van der Waals surface area (Å²) in [7, 11) is 3.31. The van der Waals surface area contributed by atoms with Crippen LogP contribution in [-0.2, 0) is 0 Å². The summed E-state index contributed by atoms with van der Waals surface area (Å²) in [6.45, 7) is 0. The Labute approximate surface area is 170 Å². The molecule has 28 heavy (non-hydrogen) atoms. The van der Waals surface area contributed by atoms with Gasteiger partial charge in [0.15, 0.2) is 10.3 Å². The average molecular weight is 411 g/mol. The quantitative estimate of drug-likeness (QED) is 0.403. The number of methoxy groups -OCH3 is 2. The van der Waals surface area contributed by atoms with Crippen molar-refractivity contribution in [1.82, 2.24) is 9.97 Å². The molecular weight excluding hydrogens is 392 g/mol. The van der Waals surface area contributed by atoms with Crippen LogP contribution in [0.2, 0.25) is 0 Å². The second kappa shape index (κ2) is 8.28. The zero-order valence-electron chi connectivity index (χ0n) is 15.3. The number of rotatable bonds is 7. The van der Waals surface area contributed by atoms with Gasteiger partial charge in [-0.1, -0.05) is 0 Å². The Hall–Kier alpha value is -3.10. The minimum Gasteiger partial charge on any atom is -0.497 e. The molecular formula is C20H18N4O2S2. The van der Waals surface area contributed by atoms with Crippen LogP contribution in [0.3, 0.4) is 0 Å². The summed E-state index contributed by atoms with van der Waals surface area (Å²) in [6.07, 6.45) is 0. The van der Waals surface area contributed by atoms with Gasteiger partial charge in [-0.3, -0.25) is 0 Å². The minimum atomic E-state index is 0.817. The van der Waals surface area contributed by atoms with Crippen molar-refractivity contribution in [2.75, 3.05) is 24.9 Å². The number of thiazole rings is 2. The SMILES string of the molecule is COc1ccc(Nc2nc(-c3csc(Nc4ccc(OC)cc4)n3)cs2)cc1. The van der Waals surface area contributed by atoms with Crippen LogP contribution < -0.4 is 20.1 Å². The van der Waals surface area contributed by atoms with Gasteiger partial charge in [0.05, 0.1) is 14.2 Å². The summed E-state index contributed by atoms with van der Waals surface area (Å²) in [5, 5.41) is 12.2. The molecule has 0 saturated heterocycles. The van der Waals surface area contributed by atoms with Crippen molar-refractivity contribution in [3.05, 3.63) is 59.3 Å². The fraction of sp³-hybridized carbons (Fsp3) is 0.100. The molecule has 0 aliphatic rings. The highest BCUT2D eigenvalue weighted by Crippen LogP contribution is 2.31. The van der Waals surface area contributed by atoms with Crippen LogP contribution in [-0.4, -0.2) is 24.2 Å². The second-order valence-electron chi connectivity index (χ2n) is 5.78. The van der Waals surface area contributed by atoms with Gasteiger partial charge >= 0.3 is 0 Å². The first-order valence-corrected chi connectivity index (χ1v) is 10.2. The summed E-state index contributed by atoms with van der Waals surface area (Å²) in [4.78, 5) is 9.27. The predicted molar refractivity (Wildman–Crippen MR) is 116 cm³/mol. The lowest BCUT2D eigenvalue weighted by molar-refractivity contribution is 0.415. The van der Waals surface area contributed by atoms with Gasteiger partial charge in [0.2, 0.25) is 0 Å². The molecule has 0 spiro atoms. The smallest absolute Gasteiger partial charge is 0.187 e. The Kier molecular flexibility index (Phi) is 5.41. The van der Waals surface area contributed by atoms with Gasteiger partial charge in [-0.25, -0.2) is 9.97 Å². The van der Waals surface area contributed by atoms with Crippen LogP contribution in [0.4, 0.5) is 21.6 Å². The van der Waals surface area contributed by atoms with Gasteiger partial charge in [-0.05, 0) is 48.5 Å². The second-order valence-corrected chi connectivity index (χ2v) is 7.50. The van der Waals surface area contributed by atoms with Crippen LogP contribution >= 0.6 is 22.7 Å². The number of aromatic nitrogens is 2. The number of nitrogens with one attached hydrogen (secondary N) is 2. The molecule has 142 valence electrons. The molecule has 2 N–H and O–H groups in total. The molecule has 4 aromatic rings. The van der Waals surface area contributed by atoms with Crippen molar-refractivity contribution in [1.29, 1.82) is 0 Å². The molecule has 2 heterocycles. The van der Waals surface area contributed by atoms with Gasteiger partial charge in [0.1, 0.15) is 22.9 Å². The topological polar surface area (TPSA) is 68.3 Å². The van der Waals surface area contributed by atoms with E-state index in [2.05, 4.69) is 20.6 Å². The van der Waals surface area contributed by atoms with Crippen LogP contribution in [0.5, 0.6) is 11.5 Å². The van der Waals surface area contributed by atoms with Crippen molar-refractivity contribution in [3.63, 3.8) is 0 Å². The van der Waals surface area contributed by atoms with E-state index in [4.69, 9.17) is 9.47 Å². The van der Waals surface area contributed by atoms with E-state index in [1.807, 2.05) is 59.3 Å². The van der Waals surface area contributed by atoms with Crippen molar-refractivity contribution in [2.24, 2.45) is 0 Å². The third-order valence-corrected chi connectivity index (χ3v) is 5.47. The Morgan fingerprint density at radius 2 is 1.04 bits per heavy atom. The maximum Gasteiger partial charge on any atom is 0.187 e. The van der Waals surface area contributed by atoms with E-state index in [1.165, 1.54) is 0 Å². The van der Waals surface area contributed by atoms with E-state index in [9.17, 15) is 0 Å². The molecule has 0 atom stereocenters. The van der Waals surface area contributed by atoms with Crippen LogP contribution in [0.15, 0.2) is 59.3 Å². The average Bonchev–Trinajstić information content (AvgIpc) is 3.39. The Morgan fingerprint density at radius 3 is 1.39 bits per heavy atom. The first kappa shape index (κ1) is 18.3. The lowest BCUT2D eigenvalue weighted by Crippen LogP contribution is -1.91. The number of hydrogen-bond acceptors (Lipinski definition) is 8. The fourth-order valence-electron chi connectivity index (χ4n) is 2.49. The minimum absolute atomic E-state index is 0.817. The maximum atomic E-state index is 5.18. The van der Waals surface area contributed by atoms with E-state index in [0.717, 1.165) is 44.5 Å². The fourth-order valence-corrected chi connectivity index (χ4v) is 3.94. The molecule has 6 nitrogen and oxygen atoms in total. The van der Waals surface area contributed by atoms with Crippen molar-refractivity contribution < 1.29 is 9.47 Å². The third kappa shape index (κ3) is 4.24. The molecule has 0 saturated carbocycles. The molecule has 0 aliphatic heterocycles. The molecule has 0 fully saturated rings. The molecule has 0 bridgehead atoms. The number of nitrogens with zero attached hydrogens (tertiary/aromatic N) is 2. The van der Waals surface area contributed by atoms with E-state index in [-0.39, 0.29) is 0 Å². The van der Waals surface area contributed by atoms with Gasteiger partial charge in [-0.2, -0.15) is 0 Å². The Balaban J connectivity index is 1.43. The molecule has 0 aliphatic carbocycles. The van der Waals surface area contributed by atoms with E-state index < -0.39 is 0 Å². The third-order valence-electron chi connectivity index (χ3n) is 3.95. The molecule has 0 radical (unpaired) electrons. The molecule has 0 amide bonds. The summed E-state index contributed by atoms with van der Waals surface area (Å²) in [5.74, 6) is 1.65. The van der Waals surface area contributed by atoms with E-state index in [1.54, 1.807) is 36.9 Å². The van der Waals surface area contributed by atoms with E-state index in [0.29, 0.717) is 0 Å². The van der Waals surface area contributed by atoms with Crippen LogP contribution in [0.25, 0.3) is 11.4 Å². The zero-order chi connectivity index (χ0) is 19.3. The molecule has 8 heteroatoms. The molecule has 2 aromatic heterocycles. The van der Waals surface area contributed by atoms with Gasteiger partial charge in [0.25, 0.3) is 0 Å². The Morgan fingerprint density at radius 1 is 0.643 bits per heavy atom. The van der Waals surface area contributed by atoms with Crippen LogP contribution in [0, 0.1) is 0 Å². The highest BCUT2D eigenvalue weighted by molar-refractivity contribution is 7.14. The van der Waals surface area contributed by atoms with Gasteiger partial charge in [0, 0.05) is 22.1 Å². The summed E-state index contributed by atoms with van der Waals surface area (Å²) >= 11 is 3.09. The standard InChI is InChI=1S/C20H18N4O2S2/c1-25-15-7-3-13(4-8-15)21-19-23-17(11-27-19)18-12-28-20(24-18)22-14-5-9-16(26-2)10-6-14/h3-12H,1-2H3,(H,21,23)(H,22,24). The van der Waals surface area contributed by atoms with Gasteiger partial charge in [-0.15, -0.1) is 22.7 Å². The zero-order valence-corrected chi connectivity index (χ0v) is 16.9. The normalized spacial score (nSPS) is 10.5. The van der Waals surface area contributed by atoms with Gasteiger partial charge < -0.3 is 20.1 Å². The summed E-state index contributed by atoms with van der Waals surface area (Å²) in [6, 6.07) is 15.5. The largest absolute Gasteiger partial charge is 0.497 e. The lowest BCUT2D eigenvalue weighted by Gasteiger charge is -2.04. The first-order chi connectivity index (χ1) is 13.7. The highest BCUT2D eigenvalue weighted by atomic mass is 32.1. The summed E-state index contributed by atoms with van der Waals surface area (Å²) in [5.41, 5.74) is 3.61. The maximum absolute atomic E-state index is 5.18. The number of benzene rings is 2. The highest BCUT2D eigenvalue weighted by Gasteiger charge is 2.10. The van der Waals surface area contributed by atoms with Crippen molar-refractivity contribution in [3.8, 4) is 22.9 Å². The monoisotopic (exact) mass is 410 g/mol. The number of hydrogen-bond donors (Lipinski definition) is 2. The molecule has 4 rings (SSSR count). The number of anilines is 4. The molecule has 0 unspecified atom stereocenters.